The summed E-state index contributed by atoms with van der Waals surface area (Å²) in [5, 5.41) is 2.57. The van der Waals surface area contributed by atoms with Crippen LogP contribution in [-0.4, -0.2) is 43.9 Å². The van der Waals surface area contributed by atoms with E-state index in [0.29, 0.717) is 6.42 Å². The molecule has 120 valence electrons. The number of esters is 1. The van der Waals surface area contributed by atoms with Crippen molar-refractivity contribution in [3.05, 3.63) is 35.6 Å². The average molecular weight is 329 g/mol. The predicted molar refractivity (Wildman–Crippen MR) is 76.5 cm³/mol. The van der Waals surface area contributed by atoms with Gasteiger partial charge in [-0.15, -0.1) is 0 Å². The number of hydrogen-bond donors (Lipinski definition) is 1. The van der Waals surface area contributed by atoms with Crippen molar-refractivity contribution in [2.45, 2.75) is 18.9 Å². The van der Waals surface area contributed by atoms with Crippen molar-refractivity contribution in [3.63, 3.8) is 0 Å². The normalized spacial score (nSPS) is 23.0. The third kappa shape index (κ3) is 4.27. The van der Waals surface area contributed by atoms with Crippen LogP contribution in [0.25, 0.3) is 0 Å². The van der Waals surface area contributed by atoms with Gasteiger partial charge in [0.15, 0.2) is 16.4 Å². The summed E-state index contributed by atoms with van der Waals surface area (Å²) < 4.78 is 40.4. The topological polar surface area (TPSA) is 89.5 Å². The second-order valence-corrected chi connectivity index (χ2v) is 7.72. The van der Waals surface area contributed by atoms with Crippen LogP contribution in [0.3, 0.4) is 0 Å². The average Bonchev–Trinajstić information content (AvgIpc) is 2.70. The maximum absolute atomic E-state index is 12.7. The quantitative estimate of drug-likeness (QED) is 0.820. The molecule has 0 aliphatic carbocycles. The van der Waals surface area contributed by atoms with E-state index in [9.17, 15) is 22.4 Å². The van der Waals surface area contributed by atoms with E-state index in [1.807, 2.05) is 0 Å². The van der Waals surface area contributed by atoms with Gasteiger partial charge in [0.2, 0.25) is 0 Å². The molecule has 22 heavy (non-hydrogen) atoms. The van der Waals surface area contributed by atoms with E-state index in [1.165, 1.54) is 12.1 Å². The SMILES string of the molecule is C[C@@]1(NC(=O)COC(=O)c2ccc(F)cc2)CCS(=O)(=O)C1. The first-order valence-electron chi connectivity index (χ1n) is 6.63. The zero-order chi connectivity index (χ0) is 16.4. The summed E-state index contributed by atoms with van der Waals surface area (Å²) in [5.74, 6) is -1.91. The second-order valence-electron chi connectivity index (χ2n) is 5.53. The van der Waals surface area contributed by atoms with Crippen LogP contribution in [0.5, 0.6) is 0 Å². The molecular formula is C14H16FNO5S. The number of carbonyl (C=O) groups is 2. The Bertz CT molecular complexity index is 686. The van der Waals surface area contributed by atoms with Gasteiger partial charge in [-0.1, -0.05) is 0 Å². The predicted octanol–water partition coefficient (Wildman–Crippen LogP) is 0.676. The monoisotopic (exact) mass is 329 g/mol. The van der Waals surface area contributed by atoms with Crippen LogP contribution in [0.1, 0.15) is 23.7 Å². The number of rotatable bonds is 4. The lowest BCUT2D eigenvalue weighted by molar-refractivity contribution is -0.125. The molecule has 1 aromatic carbocycles. The number of amides is 1. The number of ether oxygens (including phenoxy) is 1. The zero-order valence-corrected chi connectivity index (χ0v) is 12.8. The van der Waals surface area contributed by atoms with Gasteiger partial charge >= 0.3 is 5.97 Å². The maximum atomic E-state index is 12.7. The highest BCUT2D eigenvalue weighted by molar-refractivity contribution is 7.91. The molecule has 0 unspecified atom stereocenters. The smallest absolute Gasteiger partial charge is 0.338 e. The molecule has 1 atom stereocenters. The van der Waals surface area contributed by atoms with E-state index in [2.05, 4.69) is 5.32 Å². The van der Waals surface area contributed by atoms with Crippen molar-refractivity contribution < 1.29 is 27.1 Å². The van der Waals surface area contributed by atoms with Gasteiger partial charge in [0.25, 0.3) is 5.91 Å². The second kappa shape index (κ2) is 6.04. The number of hydrogen-bond acceptors (Lipinski definition) is 5. The molecule has 1 aliphatic heterocycles. The lowest BCUT2D eigenvalue weighted by atomic mass is 10.0. The van der Waals surface area contributed by atoms with E-state index >= 15 is 0 Å². The van der Waals surface area contributed by atoms with Crippen LogP contribution < -0.4 is 5.32 Å². The van der Waals surface area contributed by atoms with E-state index in [4.69, 9.17) is 4.74 Å². The molecule has 1 N–H and O–H groups in total. The van der Waals surface area contributed by atoms with Gasteiger partial charge < -0.3 is 10.1 Å². The van der Waals surface area contributed by atoms with Crippen LogP contribution in [0.15, 0.2) is 24.3 Å². The molecule has 1 heterocycles. The fourth-order valence-electron chi connectivity index (χ4n) is 2.28. The van der Waals surface area contributed by atoms with Gasteiger partial charge in [-0.05, 0) is 37.6 Å². The maximum Gasteiger partial charge on any atom is 0.338 e. The molecule has 6 nitrogen and oxygen atoms in total. The van der Waals surface area contributed by atoms with Crippen molar-refractivity contribution in [3.8, 4) is 0 Å². The van der Waals surface area contributed by atoms with Gasteiger partial charge in [0.05, 0.1) is 22.6 Å². The Balaban J connectivity index is 1.85. The first kappa shape index (κ1) is 16.4. The molecule has 0 bridgehead atoms. The highest BCUT2D eigenvalue weighted by Crippen LogP contribution is 2.22. The molecule has 2 rings (SSSR count). The molecule has 0 spiro atoms. The molecule has 8 heteroatoms. The third-order valence-electron chi connectivity index (χ3n) is 3.36. The van der Waals surface area contributed by atoms with Crippen LogP contribution in [0.2, 0.25) is 0 Å². The summed E-state index contributed by atoms with van der Waals surface area (Å²) in [7, 11) is -3.14. The third-order valence-corrected chi connectivity index (χ3v) is 5.26. The minimum atomic E-state index is -3.14. The number of benzene rings is 1. The number of sulfone groups is 1. The molecule has 1 amide bonds. The zero-order valence-electron chi connectivity index (χ0n) is 12.0. The van der Waals surface area contributed by atoms with Crippen molar-refractivity contribution in [2.24, 2.45) is 0 Å². The Hall–Kier alpha value is -1.96. The van der Waals surface area contributed by atoms with E-state index < -0.39 is 39.7 Å². The molecule has 1 aromatic rings. The minimum Gasteiger partial charge on any atom is -0.452 e. The highest BCUT2D eigenvalue weighted by Gasteiger charge is 2.39. The standard InChI is InChI=1S/C14H16FNO5S/c1-14(6-7-22(19,20)9-14)16-12(17)8-21-13(18)10-2-4-11(15)5-3-10/h2-5H,6-9H2,1H3,(H,16,17)/t14-/m1/s1. The van der Waals surface area contributed by atoms with E-state index in [-0.39, 0.29) is 17.1 Å². The van der Waals surface area contributed by atoms with Gasteiger partial charge in [-0.3, -0.25) is 4.79 Å². The summed E-state index contributed by atoms with van der Waals surface area (Å²) >= 11 is 0. The summed E-state index contributed by atoms with van der Waals surface area (Å²) in [6.45, 7) is 1.11. The Kier molecular flexibility index (Phi) is 4.50. The Morgan fingerprint density at radius 2 is 1.95 bits per heavy atom. The highest BCUT2D eigenvalue weighted by atomic mass is 32.2. The number of halogens is 1. The fraction of sp³-hybridized carbons (Fsp3) is 0.429. The Labute approximate surface area is 127 Å². The summed E-state index contributed by atoms with van der Waals surface area (Å²) in [6, 6.07) is 4.73. The van der Waals surface area contributed by atoms with Crippen LogP contribution in [0.4, 0.5) is 4.39 Å². The molecular weight excluding hydrogens is 313 g/mol. The molecule has 1 saturated heterocycles. The summed E-state index contributed by atoms with van der Waals surface area (Å²) in [6.07, 6.45) is 0.326. The molecule has 0 saturated carbocycles. The Morgan fingerprint density at radius 3 is 2.50 bits per heavy atom. The van der Waals surface area contributed by atoms with Crippen LogP contribution >= 0.6 is 0 Å². The molecule has 0 aromatic heterocycles. The molecule has 0 radical (unpaired) electrons. The van der Waals surface area contributed by atoms with E-state index in [0.717, 1.165) is 12.1 Å². The number of carbonyl (C=O) groups excluding carboxylic acids is 2. The van der Waals surface area contributed by atoms with Crippen molar-refractivity contribution in [2.75, 3.05) is 18.1 Å². The molecule has 1 fully saturated rings. The summed E-state index contributed by atoms with van der Waals surface area (Å²) in [5.41, 5.74) is -0.707. The number of nitrogens with one attached hydrogen (secondary N) is 1. The van der Waals surface area contributed by atoms with Gasteiger partial charge in [-0.25, -0.2) is 17.6 Å². The van der Waals surface area contributed by atoms with Crippen LogP contribution in [-0.2, 0) is 19.4 Å². The lowest BCUT2D eigenvalue weighted by Gasteiger charge is -2.23. The van der Waals surface area contributed by atoms with E-state index in [1.54, 1.807) is 6.92 Å². The van der Waals surface area contributed by atoms with Gasteiger partial charge in [-0.2, -0.15) is 0 Å². The molecule has 1 aliphatic rings. The first-order valence-corrected chi connectivity index (χ1v) is 8.45. The van der Waals surface area contributed by atoms with Crippen molar-refractivity contribution in [1.82, 2.24) is 5.32 Å². The van der Waals surface area contributed by atoms with Gasteiger partial charge in [0.1, 0.15) is 5.82 Å². The Morgan fingerprint density at radius 1 is 1.32 bits per heavy atom. The van der Waals surface area contributed by atoms with Crippen molar-refractivity contribution in [1.29, 1.82) is 0 Å². The van der Waals surface area contributed by atoms with Crippen molar-refractivity contribution >= 4 is 21.7 Å². The largest absolute Gasteiger partial charge is 0.452 e. The summed E-state index contributed by atoms with van der Waals surface area (Å²) in [4.78, 5) is 23.4. The van der Waals surface area contributed by atoms with Crippen LogP contribution in [0, 0.1) is 5.82 Å². The fourth-order valence-corrected chi connectivity index (χ4v) is 4.38. The van der Waals surface area contributed by atoms with Gasteiger partial charge in [0, 0.05) is 0 Å². The first-order chi connectivity index (χ1) is 10.2. The lowest BCUT2D eigenvalue weighted by Crippen LogP contribution is -2.48. The minimum absolute atomic E-state index is 0.0269.